The molecule has 4 nitrogen and oxygen atoms in total. The highest BCUT2D eigenvalue weighted by Crippen LogP contribution is 2.41. The van der Waals surface area contributed by atoms with Gasteiger partial charge in [-0.15, -0.1) is 0 Å². The maximum atomic E-state index is 5.06. The molecule has 12 rings (SSSR count). The Morgan fingerprint density at radius 2 is 0.774 bits per heavy atom. The molecule has 0 saturated carbocycles. The Morgan fingerprint density at radius 3 is 1.48 bits per heavy atom. The Bertz CT molecular complexity index is 3550. The topological polar surface area (TPSA) is 35.6 Å². The van der Waals surface area contributed by atoms with Crippen molar-refractivity contribution in [3.05, 3.63) is 231 Å². The van der Waals surface area contributed by atoms with Crippen molar-refractivity contribution >= 4 is 43.6 Å². The first-order chi connectivity index (χ1) is 30.7. The van der Waals surface area contributed by atoms with E-state index in [-0.39, 0.29) is 0 Å². The number of hydrogen-bond acceptors (Lipinski definition) is 2. The molecule has 4 heteroatoms. The lowest BCUT2D eigenvalue weighted by molar-refractivity contribution is 1.18. The quantitative estimate of drug-likeness (QED) is 0.161. The van der Waals surface area contributed by atoms with Crippen LogP contribution in [-0.4, -0.2) is 19.1 Å². The summed E-state index contributed by atoms with van der Waals surface area (Å²) in [6, 6.07) is 82.1. The first kappa shape index (κ1) is 35.6. The number of benzene rings is 9. The lowest BCUT2D eigenvalue weighted by atomic mass is 9.99. The standard InChI is InChI=1S/C58H38N4/c1-4-16-40(17-5-1)51-38-52(41-18-6-2-7-19-41)60-58(59-51)42-32-30-39(31-33-42)43-34-35-55-50(37-43)48-24-10-12-27-53(48)62(55)46-23-14-20-44(36-46)47-26-15-29-56-57(47)49-25-11-13-28-54(49)61(56)45-21-8-3-9-22-45/h1-38H. The first-order valence-electron chi connectivity index (χ1n) is 21.1. The van der Waals surface area contributed by atoms with E-state index in [1.54, 1.807) is 0 Å². The molecule has 0 atom stereocenters. The zero-order valence-electron chi connectivity index (χ0n) is 33.7. The highest BCUT2D eigenvalue weighted by molar-refractivity contribution is 6.16. The van der Waals surface area contributed by atoms with Crippen molar-refractivity contribution in [3.63, 3.8) is 0 Å². The van der Waals surface area contributed by atoms with Crippen LogP contribution in [0.25, 0.3) is 111 Å². The SMILES string of the molecule is c1ccc(-c2cc(-c3ccccc3)nc(-c3ccc(-c4ccc5c(c4)c4ccccc4n5-c4cccc(-c5cccc6c5c5ccccc5n6-c5ccccc5)c4)cc3)n2)cc1. The Balaban J connectivity index is 0.940. The molecule has 0 unspecified atom stereocenters. The normalized spacial score (nSPS) is 11.5. The molecule has 290 valence electrons. The van der Waals surface area contributed by atoms with Gasteiger partial charge in [-0.1, -0.05) is 170 Å². The van der Waals surface area contributed by atoms with Gasteiger partial charge >= 0.3 is 0 Å². The molecule has 62 heavy (non-hydrogen) atoms. The summed E-state index contributed by atoms with van der Waals surface area (Å²) in [6.07, 6.45) is 0. The summed E-state index contributed by atoms with van der Waals surface area (Å²) in [4.78, 5) is 10.1. The lowest BCUT2D eigenvalue weighted by Crippen LogP contribution is -1.96. The molecule has 0 amide bonds. The minimum atomic E-state index is 0.704. The molecule has 0 radical (unpaired) electrons. The molecule has 3 aromatic heterocycles. The molecule has 12 aromatic rings. The maximum absolute atomic E-state index is 5.06. The highest BCUT2D eigenvalue weighted by atomic mass is 15.0. The average molecular weight is 791 g/mol. The van der Waals surface area contributed by atoms with Gasteiger partial charge in [0.25, 0.3) is 0 Å². The Labute approximate surface area is 359 Å². The predicted octanol–water partition coefficient (Wildman–Crippen LogP) is 15.0. The van der Waals surface area contributed by atoms with E-state index < -0.39 is 0 Å². The number of aromatic nitrogens is 4. The maximum Gasteiger partial charge on any atom is 0.160 e. The van der Waals surface area contributed by atoms with Crippen LogP contribution in [0.1, 0.15) is 0 Å². The van der Waals surface area contributed by atoms with Gasteiger partial charge in [-0.3, -0.25) is 0 Å². The van der Waals surface area contributed by atoms with Gasteiger partial charge in [-0.05, 0) is 82.9 Å². The highest BCUT2D eigenvalue weighted by Gasteiger charge is 2.18. The second kappa shape index (κ2) is 14.7. The van der Waals surface area contributed by atoms with E-state index in [1.807, 2.05) is 36.4 Å². The van der Waals surface area contributed by atoms with Crippen LogP contribution in [0, 0.1) is 0 Å². The van der Waals surface area contributed by atoms with Crippen molar-refractivity contribution in [2.45, 2.75) is 0 Å². The molecule has 0 aliphatic heterocycles. The summed E-state index contributed by atoms with van der Waals surface area (Å²) in [5, 5.41) is 4.94. The molecule has 0 saturated heterocycles. The average Bonchev–Trinajstić information content (AvgIpc) is 3.87. The van der Waals surface area contributed by atoms with E-state index >= 15 is 0 Å². The van der Waals surface area contributed by atoms with Gasteiger partial charge in [0.05, 0.1) is 33.5 Å². The van der Waals surface area contributed by atoms with E-state index in [0.29, 0.717) is 5.82 Å². The van der Waals surface area contributed by atoms with Crippen LogP contribution in [0.3, 0.4) is 0 Å². The lowest BCUT2D eigenvalue weighted by Gasteiger charge is -2.12. The van der Waals surface area contributed by atoms with Gasteiger partial charge in [0, 0.05) is 49.6 Å². The van der Waals surface area contributed by atoms with Gasteiger partial charge in [-0.25, -0.2) is 9.97 Å². The van der Waals surface area contributed by atoms with Gasteiger partial charge < -0.3 is 9.13 Å². The van der Waals surface area contributed by atoms with E-state index in [0.717, 1.165) is 50.6 Å². The minimum absolute atomic E-state index is 0.704. The van der Waals surface area contributed by atoms with Crippen LogP contribution >= 0.6 is 0 Å². The molecule has 3 heterocycles. The van der Waals surface area contributed by atoms with Gasteiger partial charge in [0.2, 0.25) is 0 Å². The molecule has 0 bridgehead atoms. The zero-order chi connectivity index (χ0) is 41.0. The number of nitrogens with zero attached hydrogens (tertiary/aromatic N) is 4. The van der Waals surface area contributed by atoms with Crippen molar-refractivity contribution in [1.82, 2.24) is 19.1 Å². The molecule has 0 spiro atoms. The Kier molecular flexibility index (Phi) is 8.46. The molecule has 0 fully saturated rings. The number of para-hydroxylation sites is 3. The molecule has 9 aromatic carbocycles. The van der Waals surface area contributed by atoms with E-state index in [2.05, 4.69) is 203 Å². The van der Waals surface area contributed by atoms with Crippen LogP contribution in [-0.2, 0) is 0 Å². The third-order valence-corrected chi connectivity index (χ3v) is 12.1. The zero-order valence-corrected chi connectivity index (χ0v) is 33.7. The molecule has 0 aliphatic rings. The summed E-state index contributed by atoms with van der Waals surface area (Å²) >= 11 is 0. The van der Waals surface area contributed by atoms with Crippen LogP contribution < -0.4 is 0 Å². The van der Waals surface area contributed by atoms with Crippen molar-refractivity contribution in [1.29, 1.82) is 0 Å². The fourth-order valence-electron chi connectivity index (χ4n) is 9.26. The van der Waals surface area contributed by atoms with Crippen LogP contribution in [0.2, 0.25) is 0 Å². The fourth-order valence-corrected chi connectivity index (χ4v) is 9.26. The molecule has 0 N–H and O–H groups in total. The summed E-state index contributed by atoms with van der Waals surface area (Å²) in [5.74, 6) is 0.704. The summed E-state index contributed by atoms with van der Waals surface area (Å²) in [5.41, 5.74) is 16.6. The third kappa shape index (κ3) is 6.00. The van der Waals surface area contributed by atoms with Crippen molar-refractivity contribution < 1.29 is 0 Å². The second-order valence-corrected chi connectivity index (χ2v) is 15.8. The minimum Gasteiger partial charge on any atom is -0.309 e. The van der Waals surface area contributed by atoms with Crippen LogP contribution in [0.15, 0.2) is 231 Å². The van der Waals surface area contributed by atoms with Crippen molar-refractivity contribution in [2.24, 2.45) is 0 Å². The largest absolute Gasteiger partial charge is 0.309 e. The van der Waals surface area contributed by atoms with Gasteiger partial charge in [-0.2, -0.15) is 0 Å². The Hall–Kier alpha value is -8.34. The predicted molar refractivity (Wildman–Crippen MR) is 258 cm³/mol. The Morgan fingerprint density at radius 1 is 0.274 bits per heavy atom. The van der Waals surface area contributed by atoms with E-state index in [1.165, 1.54) is 54.7 Å². The summed E-state index contributed by atoms with van der Waals surface area (Å²) in [7, 11) is 0. The van der Waals surface area contributed by atoms with E-state index in [9.17, 15) is 0 Å². The van der Waals surface area contributed by atoms with Crippen molar-refractivity contribution in [2.75, 3.05) is 0 Å². The summed E-state index contributed by atoms with van der Waals surface area (Å²) < 4.78 is 4.80. The first-order valence-corrected chi connectivity index (χ1v) is 21.1. The number of rotatable bonds is 7. The number of hydrogen-bond donors (Lipinski definition) is 0. The van der Waals surface area contributed by atoms with Crippen LogP contribution in [0.5, 0.6) is 0 Å². The monoisotopic (exact) mass is 790 g/mol. The van der Waals surface area contributed by atoms with Crippen LogP contribution in [0.4, 0.5) is 0 Å². The molecular weight excluding hydrogens is 753 g/mol. The number of fused-ring (bicyclic) bond motifs is 6. The molecule has 0 aliphatic carbocycles. The van der Waals surface area contributed by atoms with E-state index in [4.69, 9.17) is 9.97 Å². The smallest absolute Gasteiger partial charge is 0.160 e. The van der Waals surface area contributed by atoms with Gasteiger partial charge in [0.15, 0.2) is 5.82 Å². The molecular formula is C58H38N4. The fraction of sp³-hybridized carbons (Fsp3) is 0. The van der Waals surface area contributed by atoms with Crippen molar-refractivity contribution in [3.8, 4) is 67.5 Å². The summed E-state index contributed by atoms with van der Waals surface area (Å²) in [6.45, 7) is 0. The van der Waals surface area contributed by atoms with Gasteiger partial charge in [0.1, 0.15) is 0 Å². The second-order valence-electron chi connectivity index (χ2n) is 15.8. The third-order valence-electron chi connectivity index (χ3n) is 12.1.